The molecule has 0 fully saturated rings. The molecule has 0 N–H and O–H groups in total. The fourth-order valence-electron chi connectivity index (χ4n) is 2.36. The van der Waals surface area contributed by atoms with Gasteiger partial charge in [-0.1, -0.05) is 30.3 Å². The lowest BCUT2D eigenvalue weighted by Gasteiger charge is -2.00. The largest absolute Gasteiger partial charge is 0.465 e. The van der Waals surface area contributed by atoms with Crippen molar-refractivity contribution in [1.29, 1.82) is 0 Å². The highest BCUT2D eigenvalue weighted by atomic mass is 79.9. The predicted octanol–water partition coefficient (Wildman–Crippen LogP) is 4.77. The third-order valence-electron chi connectivity index (χ3n) is 3.26. The van der Waals surface area contributed by atoms with E-state index in [1.165, 1.54) is 7.11 Å². The van der Waals surface area contributed by atoms with Crippen molar-refractivity contribution in [1.82, 2.24) is 4.98 Å². The van der Waals surface area contributed by atoms with Gasteiger partial charge in [-0.3, -0.25) is 0 Å². The molecule has 0 aromatic carbocycles. The van der Waals surface area contributed by atoms with Crippen molar-refractivity contribution >= 4 is 33.2 Å². The summed E-state index contributed by atoms with van der Waals surface area (Å²) in [5.74, 6) is -0.333. The van der Waals surface area contributed by atoms with Crippen LogP contribution in [-0.2, 0) is 4.74 Å². The predicted molar refractivity (Wildman–Crippen MR) is 87.9 cm³/mol. The number of hydrogen-bond donors (Lipinski definition) is 0. The molecule has 3 nitrogen and oxygen atoms in total. The molecule has 0 amide bonds. The third-order valence-corrected chi connectivity index (χ3v) is 4.88. The summed E-state index contributed by atoms with van der Waals surface area (Å²) in [6.07, 6.45) is 0. The van der Waals surface area contributed by atoms with Gasteiger partial charge >= 0.3 is 5.97 Å². The molecule has 0 spiro atoms. The minimum Gasteiger partial charge on any atom is -0.465 e. The molecule has 2 aliphatic carbocycles. The van der Waals surface area contributed by atoms with Gasteiger partial charge in [0.05, 0.1) is 27.2 Å². The second-order valence-corrected chi connectivity index (χ2v) is 7.08. The first kappa shape index (κ1) is 14.2. The van der Waals surface area contributed by atoms with Crippen LogP contribution in [0.2, 0.25) is 0 Å². The van der Waals surface area contributed by atoms with Crippen LogP contribution in [-0.4, -0.2) is 18.1 Å². The fourth-order valence-corrected chi connectivity index (χ4v) is 4.01. The number of nitrogens with zero attached hydrogens (tertiary/aromatic N) is 1. The van der Waals surface area contributed by atoms with Gasteiger partial charge in [-0.25, -0.2) is 9.78 Å². The van der Waals surface area contributed by atoms with Crippen LogP contribution in [0, 0.1) is 6.92 Å². The van der Waals surface area contributed by atoms with E-state index in [1.54, 1.807) is 11.3 Å². The smallest absolute Gasteiger partial charge is 0.338 e. The first-order chi connectivity index (χ1) is 10.1. The van der Waals surface area contributed by atoms with Crippen LogP contribution in [0.5, 0.6) is 0 Å². The molecule has 0 bridgehead atoms. The molecule has 0 aliphatic heterocycles. The molecule has 0 saturated carbocycles. The Kier molecular flexibility index (Phi) is 3.78. The molecule has 21 heavy (non-hydrogen) atoms. The maximum Gasteiger partial charge on any atom is 0.338 e. The van der Waals surface area contributed by atoms with Gasteiger partial charge in [0.1, 0.15) is 0 Å². The Balaban J connectivity index is 2.30. The molecule has 0 unspecified atom stereocenters. The number of hydrogen-bond acceptors (Lipinski definition) is 4. The van der Waals surface area contributed by atoms with Gasteiger partial charge in [-0.2, -0.15) is 0 Å². The highest BCUT2D eigenvalue weighted by molar-refractivity contribution is 9.11. The van der Waals surface area contributed by atoms with Crippen molar-refractivity contribution in [3.63, 3.8) is 0 Å². The lowest BCUT2D eigenvalue weighted by molar-refractivity contribution is 0.0602. The number of rotatable bonds is 2. The Bertz CT molecular complexity index is 797. The van der Waals surface area contributed by atoms with E-state index in [-0.39, 0.29) is 5.97 Å². The molecule has 0 atom stereocenters. The minimum absolute atomic E-state index is 0.333. The molecule has 0 radical (unpaired) electrons. The summed E-state index contributed by atoms with van der Waals surface area (Å²) in [6, 6.07) is 11.6. The number of aromatic nitrogens is 1. The van der Waals surface area contributed by atoms with Crippen molar-refractivity contribution in [3.05, 3.63) is 50.8 Å². The summed E-state index contributed by atoms with van der Waals surface area (Å²) in [5.41, 5.74) is 4.24. The van der Waals surface area contributed by atoms with E-state index in [9.17, 15) is 4.79 Å². The zero-order valence-corrected chi connectivity index (χ0v) is 13.9. The number of aryl methyl sites for hydroxylation is 1. The number of methoxy groups -OCH3 is 1. The molecular weight excluding hydrogens is 350 g/mol. The average molecular weight is 362 g/mol. The summed E-state index contributed by atoms with van der Waals surface area (Å²) in [4.78, 5) is 16.6. The van der Waals surface area contributed by atoms with E-state index in [2.05, 4.69) is 20.9 Å². The Hall–Kier alpha value is -1.72. The molecular formula is C16H12BrNO2S. The summed E-state index contributed by atoms with van der Waals surface area (Å²) in [6.45, 7) is 1.96. The second-order valence-electron chi connectivity index (χ2n) is 4.56. The zero-order valence-electron chi connectivity index (χ0n) is 11.5. The maximum atomic E-state index is 12.0. The second kappa shape index (κ2) is 5.58. The van der Waals surface area contributed by atoms with Crippen molar-refractivity contribution in [2.75, 3.05) is 7.11 Å². The number of esters is 1. The highest BCUT2D eigenvalue weighted by Crippen LogP contribution is 2.42. The van der Waals surface area contributed by atoms with Crippen LogP contribution in [0.3, 0.4) is 0 Å². The van der Waals surface area contributed by atoms with Gasteiger partial charge < -0.3 is 4.74 Å². The normalized spacial score (nSPS) is 10.8. The molecule has 1 aromatic heterocycles. The lowest BCUT2D eigenvalue weighted by Crippen LogP contribution is -1.99. The summed E-state index contributed by atoms with van der Waals surface area (Å²) in [7, 11) is 1.40. The van der Waals surface area contributed by atoms with Gasteiger partial charge in [0.15, 0.2) is 0 Å². The Morgan fingerprint density at radius 2 is 1.90 bits per heavy atom. The van der Waals surface area contributed by atoms with Crippen LogP contribution in [0.1, 0.15) is 15.4 Å². The lowest BCUT2D eigenvalue weighted by atomic mass is 10.1. The van der Waals surface area contributed by atoms with E-state index in [4.69, 9.17) is 4.74 Å². The average Bonchev–Trinajstić information content (AvgIpc) is 2.87. The van der Waals surface area contributed by atoms with Crippen molar-refractivity contribution in [2.24, 2.45) is 0 Å². The maximum absolute atomic E-state index is 12.0. The Morgan fingerprint density at radius 1 is 1.19 bits per heavy atom. The molecule has 1 heterocycles. The molecule has 5 heteroatoms. The van der Waals surface area contributed by atoms with E-state index in [0.29, 0.717) is 5.56 Å². The van der Waals surface area contributed by atoms with Gasteiger partial charge in [-0.15, -0.1) is 11.3 Å². The zero-order chi connectivity index (χ0) is 15.0. The quantitative estimate of drug-likeness (QED) is 0.617. The minimum atomic E-state index is -0.333. The van der Waals surface area contributed by atoms with Gasteiger partial charge in [0.2, 0.25) is 0 Å². The number of halogens is 1. The van der Waals surface area contributed by atoms with E-state index in [0.717, 1.165) is 31.2 Å². The van der Waals surface area contributed by atoms with Crippen molar-refractivity contribution in [3.8, 4) is 22.4 Å². The molecule has 1 aromatic rings. The molecule has 2 aliphatic rings. The third kappa shape index (κ3) is 2.47. The number of carbonyl (C=O) groups excluding carboxylic acids is 1. The van der Waals surface area contributed by atoms with Crippen LogP contribution in [0.25, 0.3) is 22.4 Å². The monoisotopic (exact) mass is 361 g/mol. The van der Waals surface area contributed by atoms with Crippen LogP contribution in [0.4, 0.5) is 0 Å². The topological polar surface area (TPSA) is 39.2 Å². The van der Waals surface area contributed by atoms with Crippen LogP contribution in [0.15, 0.2) is 40.2 Å². The van der Waals surface area contributed by atoms with Gasteiger partial charge in [0.25, 0.3) is 0 Å². The van der Waals surface area contributed by atoms with Crippen LogP contribution < -0.4 is 0 Å². The molecule has 0 saturated heterocycles. The summed E-state index contributed by atoms with van der Waals surface area (Å²) in [5, 5.41) is 0.978. The van der Waals surface area contributed by atoms with Gasteiger partial charge in [-0.05, 0) is 40.0 Å². The van der Waals surface area contributed by atoms with E-state index in [1.807, 2.05) is 43.3 Å². The van der Waals surface area contributed by atoms with Crippen LogP contribution >= 0.6 is 27.3 Å². The first-order valence-electron chi connectivity index (χ1n) is 6.35. The standard InChI is InChI=1S/C16H12BrNO2S/c1-9-18-14(15(17)21-9)12-8-13(16(19)20-2)11-7-5-3-4-6-10(11)12/h3-8H,1-2H3. The highest BCUT2D eigenvalue weighted by Gasteiger charge is 2.23. The number of thiazole rings is 1. The Morgan fingerprint density at radius 3 is 2.52 bits per heavy atom. The number of fused-ring (bicyclic) bond motifs is 1. The fraction of sp³-hybridized carbons (Fsp3) is 0.125. The SMILES string of the molecule is COC(=O)c1cc(-c2nc(C)sc2Br)c2cccccc1-2. The molecule has 3 rings (SSSR count). The number of ether oxygens (including phenoxy) is 1. The summed E-state index contributed by atoms with van der Waals surface area (Å²) >= 11 is 5.14. The summed E-state index contributed by atoms with van der Waals surface area (Å²) < 4.78 is 5.86. The Labute approximate surface area is 135 Å². The van der Waals surface area contributed by atoms with Crippen molar-refractivity contribution < 1.29 is 9.53 Å². The number of carbonyl (C=O) groups is 1. The molecule has 106 valence electrons. The van der Waals surface area contributed by atoms with Gasteiger partial charge in [0, 0.05) is 5.56 Å². The van der Waals surface area contributed by atoms with Crippen molar-refractivity contribution in [2.45, 2.75) is 6.92 Å². The van der Waals surface area contributed by atoms with E-state index < -0.39 is 0 Å². The first-order valence-corrected chi connectivity index (χ1v) is 7.96. The van der Waals surface area contributed by atoms with E-state index >= 15 is 0 Å².